The van der Waals surface area contributed by atoms with Gasteiger partial charge < -0.3 is 9.30 Å². The van der Waals surface area contributed by atoms with E-state index in [1.807, 2.05) is 0 Å². The summed E-state index contributed by atoms with van der Waals surface area (Å²) in [7, 11) is 0. The molecule has 0 N–H and O–H groups in total. The number of ether oxygens (including phenoxy) is 1. The van der Waals surface area contributed by atoms with Gasteiger partial charge in [0.15, 0.2) is 0 Å². The third kappa shape index (κ3) is 4.14. The lowest BCUT2D eigenvalue weighted by molar-refractivity contribution is 0.442. The normalized spacial score (nSPS) is 13.4. The van der Waals surface area contributed by atoms with Crippen LogP contribution >= 0.6 is 0 Å². The molecule has 10 aromatic rings. The second-order valence-corrected chi connectivity index (χ2v) is 14.8. The molecule has 0 amide bonds. The quantitative estimate of drug-likeness (QED) is 0.179. The van der Waals surface area contributed by atoms with Gasteiger partial charge in [0.05, 0.1) is 21.8 Å². The average molecular weight is 700 g/mol. The first kappa shape index (κ1) is 30.3. The zero-order valence-electron chi connectivity index (χ0n) is 29.9. The number of aromatic nitrogens is 1. The maximum absolute atomic E-state index is 7.29. The molecule has 0 fully saturated rings. The van der Waals surface area contributed by atoms with Crippen molar-refractivity contribution >= 4 is 32.6 Å². The molecule has 2 nitrogen and oxygen atoms in total. The van der Waals surface area contributed by atoms with E-state index in [4.69, 9.17) is 4.74 Å². The topological polar surface area (TPSA) is 14.2 Å². The molecule has 1 aromatic heterocycles. The van der Waals surface area contributed by atoms with Crippen molar-refractivity contribution in [3.63, 3.8) is 0 Å². The van der Waals surface area contributed by atoms with Crippen LogP contribution in [0.15, 0.2) is 200 Å². The van der Waals surface area contributed by atoms with Gasteiger partial charge in [-0.2, -0.15) is 0 Å². The molecule has 0 saturated carbocycles. The molecule has 9 aromatic carbocycles. The van der Waals surface area contributed by atoms with E-state index >= 15 is 0 Å². The van der Waals surface area contributed by atoms with E-state index in [-0.39, 0.29) is 0 Å². The maximum atomic E-state index is 7.29. The van der Waals surface area contributed by atoms with Crippen LogP contribution in [0.3, 0.4) is 0 Å². The Kier molecular flexibility index (Phi) is 6.29. The highest BCUT2D eigenvalue weighted by Crippen LogP contribution is 2.63. The van der Waals surface area contributed by atoms with Crippen LogP contribution < -0.4 is 4.74 Å². The Labute approximate surface area is 319 Å². The Morgan fingerprint density at radius 3 is 1.62 bits per heavy atom. The zero-order valence-corrected chi connectivity index (χ0v) is 29.9. The van der Waals surface area contributed by atoms with E-state index in [1.165, 1.54) is 71.8 Å². The molecule has 2 aliphatic rings. The first-order chi connectivity index (χ1) is 27.3. The van der Waals surface area contributed by atoms with Crippen molar-refractivity contribution in [2.75, 3.05) is 0 Å². The van der Waals surface area contributed by atoms with Gasteiger partial charge in [-0.15, -0.1) is 0 Å². The predicted octanol–water partition coefficient (Wildman–Crippen LogP) is 13.7. The van der Waals surface area contributed by atoms with Crippen LogP contribution in [0, 0.1) is 0 Å². The summed E-state index contributed by atoms with van der Waals surface area (Å²) >= 11 is 0. The van der Waals surface area contributed by atoms with Gasteiger partial charge in [0.2, 0.25) is 0 Å². The van der Waals surface area contributed by atoms with Crippen LogP contribution in [0.5, 0.6) is 11.5 Å². The first-order valence-electron chi connectivity index (χ1n) is 19.0. The summed E-state index contributed by atoms with van der Waals surface area (Å²) in [4.78, 5) is 0. The van der Waals surface area contributed by atoms with Crippen LogP contribution in [0.2, 0.25) is 0 Å². The fourth-order valence-corrected chi connectivity index (χ4v) is 9.79. The van der Waals surface area contributed by atoms with Gasteiger partial charge >= 0.3 is 0 Å². The van der Waals surface area contributed by atoms with Crippen LogP contribution in [-0.4, -0.2) is 4.57 Å². The number of nitrogens with zero attached hydrogens (tertiary/aromatic N) is 1. The summed E-state index contributed by atoms with van der Waals surface area (Å²) in [5.74, 6) is 1.82. The van der Waals surface area contributed by atoms with E-state index in [0.717, 1.165) is 33.6 Å². The minimum Gasteiger partial charge on any atom is -0.456 e. The number of para-hydroxylation sites is 1. The van der Waals surface area contributed by atoms with E-state index in [9.17, 15) is 0 Å². The van der Waals surface area contributed by atoms with Crippen LogP contribution in [-0.2, 0) is 5.41 Å². The SMILES string of the molecule is c1ccc(-c2cc(-c3ccccc3)cc(-n3c4ccc5c(c4c4c6ccccc6ccc43)Oc3ccccc3C53c4ccccc4-c4ccccc43)c2)cc1. The summed E-state index contributed by atoms with van der Waals surface area (Å²) in [5, 5.41) is 4.75. The summed E-state index contributed by atoms with van der Waals surface area (Å²) in [5.41, 5.74) is 15.0. The third-order valence-electron chi connectivity index (χ3n) is 12.0. The maximum Gasteiger partial charge on any atom is 0.142 e. The molecule has 12 rings (SSSR count). The molecular formula is C53H33NO. The van der Waals surface area contributed by atoms with Gasteiger partial charge in [0, 0.05) is 22.2 Å². The lowest BCUT2D eigenvalue weighted by Gasteiger charge is -2.39. The molecular weight excluding hydrogens is 667 g/mol. The number of fused-ring (bicyclic) bond motifs is 15. The third-order valence-corrected chi connectivity index (χ3v) is 12.0. The monoisotopic (exact) mass is 699 g/mol. The van der Waals surface area contributed by atoms with Crippen LogP contribution in [0.1, 0.15) is 22.3 Å². The van der Waals surface area contributed by atoms with Crippen molar-refractivity contribution in [2.24, 2.45) is 0 Å². The smallest absolute Gasteiger partial charge is 0.142 e. The zero-order chi connectivity index (χ0) is 36.1. The largest absolute Gasteiger partial charge is 0.456 e. The molecule has 2 heteroatoms. The molecule has 0 radical (unpaired) electrons. The van der Waals surface area contributed by atoms with E-state index < -0.39 is 5.41 Å². The Morgan fingerprint density at radius 2 is 0.927 bits per heavy atom. The van der Waals surface area contributed by atoms with Crippen molar-refractivity contribution in [2.45, 2.75) is 5.41 Å². The Morgan fingerprint density at radius 1 is 0.382 bits per heavy atom. The fraction of sp³-hybridized carbons (Fsp3) is 0.0189. The first-order valence-corrected chi connectivity index (χ1v) is 19.0. The van der Waals surface area contributed by atoms with Crippen molar-refractivity contribution < 1.29 is 4.74 Å². The average Bonchev–Trinajstić information content (AvgIpc) is 3.76. The Bertz CT molecular complexity index is 3070. The Hall–Kier alpha value is -7.16. The molecule has 0 saturated heterocycles. The number of rotatable bonds is 3. The summed E-state index contributed by atoms with van der Waals surface area (Å²) in [6.07, 6.45) is 0. The molecule has 1 aliphatic carbocycles. The molecule has 2 heterocycles. The molecule has 0 atom stereocenters. The van der Waals surface area contributed by atoms with Crippen molar-refractivity contribution in [1.29, 1.82) is 0 Å². The molecule has 0 bridgehead atoms. The summed E-state index contributed by atoms with van der Waals surface area (Å²) in [6, 6.07) is 73.1. The lowest BCUT2D eigenvalue weighted by Crippen LogP contribution is -2.32. The minimum absolute atomic E-state index is 0.543. The minimum atomic E-state index is -0.543. The highest BCUT2D eigenvalue weighted by Gasteiger charge is 2.51. The molecule has 55 heavy (non-hydrogen) atoms. The Balaban J connectivity index is 1.24. The number of hydrogen-bond donors (Lipinski definition) is 0. The molecule has 256 valence electrons. The van der Waals surface area contributed by atoms with Gasteiger partial charge in [-0.25, -0.2) is 0 Å². The summed E-state index contributed by atoms with van der Waals surface area (Å²) in [6.45, 7) is 0. The highest BCUT2D eigenvalue weighted by molar-refractivity contribution is 6.24. The molecule has 0 unspecified atom stereocenters. The van der Waals surface area contributed by atoms with E-state index in [0.29, 0.717) is 0 Å². The van der Waals surface area contributed by atoms with E-state index in [1.54, 1.807) is 0 Å². The van der Waals surface area contributed by atoms with E-state index in [2.05, 4.69) is 205 Å². The van der Waals surface area contributed by atoms with Crippen molar-refractivity contribution in [3.8, 4) is 50.6 Å². The number of hydrogen-bond acceptors (Lipinski definition) is 1. The van der Waals surface area contributed by atoms with Gasteiger partial charge in [0.1, 0.15) is 11.5 Å². The standard InChI is InChI=1S/C53H33NO/c1-3-15-34(16-4-1)37-31-38(35-17-5-2-6-18-35)33-39(32-37)54-47-29-27-36-19-7-8-20-40(36)50(47)51-48(54)30-28-46-52(51)55-49-26-14-13-25-45(49)53(46)43-23-11-9-21-41(43)42-22-10-12-24-44(42)53/h1-33H. The lowest BCUT2D eigenvalue weighted by atomic mass is 9.66. The predicted molar refractivity (Wildman–Crippen MR) is 227 cm³/mol. The second kappa shape index (κ2) is 11.4. The van der Waals surface area contributed by atoms with Crippen molar-refractivity contribution in [1.82, 2.24) is 4.57 Å². The highest BCUT2D eigenvalue weighted by atomic mass is 16.5. The second-order valence-electron chi connectivity index (χ2n) is 14.8. The van der Waals surface area contributed by atoms with Gasteiger partial charge in [-0.1, -0.05) is 164 Å². The molecule has 1 spiro atoms. The van der Waals surface area contributed by atoms with Gasteiger partial charge in [-0.05, 0) is 91.7 Å². The van der Waals surface area contributed by atoms with Crippen LogP contribution in [0.25, 0.3) is 71.6 Å². The fourth-order valence-electron chi connectivity index (χ4n) is 9.79. The summed E-state index contributed by atoms with van der Waals surface area (Å²) < 4.78 is 9.75. The molecule has 1 aliphatic heterocycles. The van der Waals surface area contributed by atoms with Gasteiger partial charge in [0.25, 0.3) is 0 Å². The number of benzene rings is 9. The van der Waals surface area contributed by atoms with Crippen LogP contribution in [0.4, 0.5) is 0 Å². The van der Waals surface area contributed by atoms with Crippen molar-refractivity contribution in [3.05, 3.63) is 222 Å². The van der Waals surface area contributed by atoms with Gasteiger partial charge in [-0.3, -0.25) is 0 Å².